The number of fused-ring (bicyclic) bond motifs is 3. The molecule has 1 saturated heterocycles. The molecule has 6 nitrogen and oxygen atoms in total. The quantitative estimate of drug-likeness (QED) is 0.461. The van der Waals surface area contributed by atoms with Crippen LogP contribution in [-0.2, 0) is 23.8 Å². The number of alkyl halides is 3. The number of rotatable bonds is 7. The minimum Gasteiger partial charge on any atom is -0.497 e. The molecule has 1 fully saturated rings. The average Bonchev–Trinajstić information content (AvgIpc) is 2.95. The van der Waals surface area contributed by atoms with Gasteiger partial charge in [0.1, 0.15) is 11.5 Å². The van der Waals surface area contributed by atoms with Gasteiger partial charge in [0.05, 0.1) is 37.4 Å². The van der Waals surface area contributed by atoms with Crippen LogP contribution in [0.25, 0.3) is 0 Å². The Morgan fingerprint density at radius 1 is 0.974 bits per heavy atom. The van der Waals surface area contributed by atoms with Crippen molar-refractivity contribution in [2.24, 2.45) is 5.92 Å². The van der Waals surface area contributed by atoms with Crippen molar-refractivity contribution < 1.29 is 27.4 Å². The Hall–Kier alpha value is -3.88. The first kappa shape index (κ1) is 26.7. The second-order valence-corrected chi connectivity index (χ2v) is 9.92. The van der Waals surface area contributed by atoms with E-state index >= 15 is 0 Å². The second kappa shape index (κ2) is 11.1. The van der Waals surface area contributed by atoms with Crippen LogP contribution in [0.4, 0.5) is 24.5 Å². The fourth-order valence-electron chi connectivity index (χ4n) is 5.66. The molecular formula is C30H32F3N3O3. The molecule has 206 valence electrons. The number of ether oxygens (including phenoxy) is 2. The van der Waals surface area contributed by atoms with Crippen molar-refractivity contribution in [1.29, 1.82) is 0 Å². The standard InChI is InChI=1S/C30H32F3N3O3/c1-38-23-10-7-20(8-11-23)13-14-34-29(37)24-18-21-17-22(30(31,32)33)9-12-25(21)36-16-15-35(19-27(24)36)26-5-3-4-6-28(26)39-2/h3-12,17,24,27H,13-16,18-19H2,1-2H3,(H,34,37). The van der Waals surface area contributed by atoms with Gasteiger partial charge in [-0.15, -0.1) is 0 Å². The van der Waals surface area contributed by atoms with E-state index in [1.54, 1.807) is 20.3 Å². The summed E-state index contributed by atoms with van der Waals surface area (Å²) in [4.78, 5) is 17.9. The number of carbonyl (C=O) groups excluding carboxylic acids is 1. The first-order valence-corrected chi connectivity index (χ1v) is 13.0. The van der Waals surface area contributed by atoms with Crippen molar-refractivity contribution >= 4 is 17.3 Å². The molecular weight excluding hydrogens is 507 g/mol. The van der Waals surface area contributed by atoms with E-state index in [1.807, 2.05) is 48.5 Å². The number of hydrogen-bond donors (Lipinski definition) is 1. The number of benzene rings is 3. The maximum Gasteiger partial charge on any atom is 0.416 e. The summed E-state index contributed by atoms with van der Waals surface area (Å²) in [5.74, 6) is 0.856. The van der Waals surface area contributed by atoms with Gasteiger partial charge in [0, 0.05) is 31.9 Å². The van der Waals surface area contributed by atoms with E-state index in [2.05, 4.69) is 15.1 Å². The van der Waals surface area contributed by atoms with E-state index < -0.39 is 17.7 Å². The molecule has 0 aliphatic carbocycles. The van der Waals surface area contributed by atoms with Gasteiger partial charge in [0.25, 0.3) is 0 Å². The minimum atomic E-state index is -4.44. The van der Waals surface area contributed by atoms with Gasteiger partial charge in [-0.25, -0.2) is 0 Å². The molecule has 0 radical (unpaired) electrons. The van der Waals surface area contributed by atoms with Crippen LogP contribution in [0.1, 0.15) is 16.7 Å². The van der Waals surface area contributed by atoms with Gasteiger partial charge in [-0.3, -0.25) is 4.79 Å². The number of methoxy groups -OCH3 is 2. The van der Waals surface area contributed by atoms with Gasteiger partial charge in [-0.05, 0) is 66.4 Å². The second-order valence-electron chi connectivity index (χ2n) is 9.92. The predicted octanol–water partition coefficient (Wildman–Crippen LogP) is 4.95. The zero-order valence-corrected chi connectivity index (χ0v) is 22.0. The molecule has 39 heavy (non-hydrogen) atoms. The highest BCUT2D eigenvalue weighted by atomic mass is 19.4. The third-order valence-electron chi connectivity index (χ3n) is 7.67. The Morgan fingerprint density at radius 2 is 1.74 bits per heavy atom. The fourth-order valence-corrected chi connectivity index (χ4v) is 5.66. The number of halogens is 3. The largest absolute Gasteiger partial charge is 0.497 e. The summed E-state index contributed by atoms with van der Waals surface area (Å²) in [7, 11) is 3.24. The summed E-state index contributed by atoms with van der Waals surface area (Å²) in [5.41, 5.74) is 2.64. The Bertz CT molecular complexity index is 1310. The molecule has 3 aromatic carbocycles. The molecule has 0 aromatic heterocycles. The summed E-state index contributed by atoms with van der Waals surface area (Å²) >= 11 is 0. The average molecular weight is 540 g/mol. The normalized spacial score (nSPS) is 18.7. The maximum absolute atomic E-state index is 13.6. The van der Waals surface area contributed by atoms with Crippen LogP contribution in [0.5, 0.6) is 11.5 Å². The third-order valence-corrected chi connectivity index (χ3v) is 7.67. The van der Waals surface area contributed by atoms with E-state index in [0.717, 1.165) is 34.5 Å². The van der Waals surface area contributed by atoms with E-state index in [9.17, 15) is 18.0 Å². The monoisotopic (exact) mass is 539 g/mol. The van der Waals surface area contributed by atoms with Gasteiger partial charge < -0.3 is 24.6 Å². The van der Waals surface area contributed by atoms with Gasteiger partial charge in [-0.2, -0.15) is 13.2 Å². The van der Waals surface area contributed by atoms with Crippen molar-refractivity contribution in [2.75, 3.05) is 50.2 Å². The van der Waals surface area contributed by atoms with Crippen LogP contribution in [-0.4, -0.2) is 52.3 Å². The van der Waals surface area contributed by atoms with Crippen LogP contribution in [0.3, 0.4) is 0 Å². The lowest BCUT2D eigenvalue weighted by atomic mass is 9.82. The number of anilines is 2. The number of para-hydroxylation sites is 2. The molecule has 3 aromatic rings. The van der Waals surface area contributed by atoms with Crippen molar-refractivity contribution in [1.82, 2.24) is 5.32 Å². The highest BCUT2D eigenvalue weighted by Gasteiger charge is 2.43. The van der Waals surface area contributed by atoms with Gasteiger partial charge in [-0.1, -0.05) is 24.3 Å². The van der Waals surface area contributed by atoms with Crippen LogP contribution in [0.2, 0.25) is 0 Å². The Kier molecular flexibility index (Phi) is 7.59. The zero-order chi connectivity index (χ0) is 27.6. The number of amides is 1. The summed E-state index contributed by atoms with van der Waals surface area (Å²) in [6.07, 6.45) is -3.56. The van der Waals surface area contributed by atoms with Crippen molar-refractivity contribution in [3.8, 4) is 11.5 Å². The van der Waals surface area contributed by atoms with E-state index in [4.69, 9.17) is 9.47 Å². The highest BCUT2D eigenvalue weighted by Crippen LogP contribution is 2.41. The maximum atomic E-state index is 13.6. The van der Waals surface area contributed by atoms with E-state index in [1.165, 1.54) is 6.07 Å². The highest BCUT2D eigenvalue weighted by molar-refractivity contribution is 5.82. The molecule has 2 atom stereocenters. The number of piperazine rings is 1. The molecule has 2 aliphatic heterocycles. The molecule has 2 heterocycles. The van der Waals surface area contributed by atoms with Gasteiger partial charge in [0.2, 0.25) is 5.91 Å². The van der Waals surface area contributed by atoms with Gasteiger partial charge in [0.15, 0.2) is 0 Å². The molecule has 2 unspecified atom stereocenters. The summed E-state index contributed by atoms with van der Waals surface area (Å²) < 4.78 is 51.3. The first-order valence-electron chi connectivity index (χ1n) is 13.0. The molecule has 9 heteroatoms. The van der Waals surface area contributed by atoms with Crippen LogP contribution >= 0.6 is 0 Å². The predicted molar refractivity (Wildman–Crippen MR) is 145 cm³/mol. The summed E-state index contributed by atoms with van der Waals surface area (Å²) in [6.45, 7) is 2.22. The number of nitrogens with zero attached hydrogens (tertiary/aromatic N) is 2. The smallest absolute Gasteiger partial charge is 0.416 e. The molecule has 2 aliphatic rings. The number of carbonyl (C=O) groups is 1. The minimum absolute atomic E-state index is 0.150. The lowest BCUT2D eigenvalue weighted by Gasteiger charge is -2.49. The molecule has 0 bridgehead atoms. The van der Waals surface area contributed by atoms with E-state index in [0.29, 0.717) is 38.2 Å². The van der Waals surface area contributed by atoms with Crippen molar-refractivity contribution in [3.63, 3.8) is 0 Å². The van der Waals surface area contributed by atoms with Gasteiger partial charge >= 0.3 is 6.18 Å². The molecule has 1 N–H and O–H groups in total. The summed E-state index contributed by atoms with van der Waals surface area (Å²) in [6, 6.07) is 19.1. The Morgan fingerprint density at radius 3 is 2.46 bits per heavy atom. The molecule has 1 amide bonds. The lowest BCUT2D eigenvalue weighted by molar-refractivity contribution is -0.137. The topological polar surface area (TPSA) is 54.0 Å². The van der Waals surface area contributed by atoms with Crippen LogP contribution < -0.4 is 24.6 Å². The van der Waals surface area contributed by atoms with E-state index in [-0.39, 0.29) is 18.4 Å². The number of nitrogens with one attached hydrogen (secondary N) is 1. The van der Waals surface area contributed by atoms with Crippen LogP contribution in [0.15, 0.2) is 66.7 Å². The Labute approximate surface area is 226 Å². The summed E-state index contributed by atoms with van der Waals surface area (Å²) in [5, 5.41) is 3.05. The fraction of sp³-hybridized carbons (Fsp3) is 0.367. The lowest BCUT2D eigenvalue weighted by Crippen LogP contribution is -2.61. The third kappa shape index (κ3) is 5.62. The first-order chi connectivity index (χ1) is 18.8. The molecule has 0 spiro atoms. The Balaban J connectivity index is 1.39. The molecule has 0 saturated carbocycles. The number of hydrogen-bond acceptors (Lipinski definition) is 5. The van der Waals surface area contributed by atoms with Crippen molar-refractivity contribution in [2.45, 2.75) is 25.1 Å². The SMILES string of the molecule is COc1ccc(CCNC(=O)C2Cc3cc(C(F)(F)F)ccc3N3CCN(c4ccccc4OC)CC23)cc1. The zero-order valence-electron chi connectivity index (χ0n) is 22.0. The molecule has 5 rings (SSSR count). The van der Waals surface area contributed by atoms with Crippen molar-refractivity contribution in [3.05, 3.63) is 83.4 Å². The van der Waals surface area contributed by atoms with Crippen LogP contribution in [0, 0.1) is 5.92 Å².